The lowest BCUT2D eigenvalue weighted by molar-refractivity contribution is 0.858. The van der Waals surface area contributed by atoms with Crippen LogP contribution in [0.15, 0.2) is 6.20 Å². The molecule has 0 unspecified atom stereocenters. The first kappa shape index (κ1) is 14.3. The molecule has 0 bridgehead atoms. The summed E-state index contributed by atoms with van der Waals surface area (Å²) >= 11 is 0. The van der Waals surface area contributed by atoms with Crippen molar-refractivity contribution in [2.45, 2.75) is 13.3 Å². The van der Waals surface area contributed by atoms with Crippen LogP contribution in [0.3, 0.4) is 0 Å². The fourth-order valence-corrected chi connectivity index (χ4v) is 0.901. The molecule has 1 aromatic heterocycles. The highest BCUT2D eigenvalue weighted by Gasteiger charge is 1.97. The van der Waals surface area contributed by atoms with Crippen molar-refractivity contribution in [3.63, 3.8) is 0 Å². The topological polar surface area (TPSA) is 43.8 Å². The first-order valence-electron chi connectivity index (χ1n) is 3.43. The summed E-state index contributed by atoms with van der Waals surface area (Å²) < 4.78 is 2.00. The van der Waals surface area contributed by atoms with E-state index in [1.165, 1.54) is 0 Å². The number of nitrogens with zero attached hydrogens (tertiary/aromatic N) is 2. The lowest BCUT2D eigenvalue weighted by Crippen LogP contribution is -2.02. The van der Waals surface area contributed by atoms with Gasteiger partial charge in [-0.2, -0.15) is 0 Å². The Morgan fingerprint density at radius 1 is 1.50 bits per heavy atom. The van der Waals surface area contributed by atoms with Crippen LogP contribution in [0, 0.1) is 6.92 Å². The second-order valence-corrected chi connectivity index (χ2v) is 2.43. The molecular formula is C7H15Cl2N3. The summed E-state index contributed by atoms with van der Waals surface area (Å²) in [6.45, 7) is 2.66. The van der Waals surface area contributed by atoms with E-state index in [0.717, 1.165) is 17.9 Å². The van der Waals surface area contributed by atoms with Crippen molar-refractivity contribution in [2.75, 3.05) is 6.54 Å². The Morgan fingerprint density at radius 2 is 2.08 bits per heavy atom. The van der Waals surface area contributed by atoms with Crippen molar-refractivity contribution in [1.29, 1.82) is 0 Å². The summed E-state index contributed by atoms with van der Waals surface area (Å²) in [6, 6.07) is 0. The number of aromatic nitrogens is 2. The van der Waals surface area contributed by atoms with Gasteiger partial charge < -0.3 is 10.3 Å². The molecule has 0 saturated heterocycles. The van der Waals surface area contributed by atoms with E-state index in [9.17, 15) is 0 Å². The van der Waals surface area contributed by atoms with Crippen molar-refractivity contribution in [2.24, 2.45) is 12.8 Å². The molecule has 2 N–H and O–H groups in total. The van der Waals surface area contributed by atoms with E-state index in [2.05, 4.69) is 4.98 Å². The van der Waals surface area contributed by atoms with Gasteiger partial charge in [-0.1, -0.05) is 0 Å². The molecule has 3 nitrogen and oxygen atoms in total. The van der Waals surface area contributed by atoms with Crippen LogP contribution in [-0.2, 0) is 13.5 Å². The van der Waals surface area contributed by atoms with Crippen molar-refractivity contribution in [3.05, 3.63) is 17.7 Å². The van der Waals surface area contributed by atoms with Crippen molar-refractivity contribution >= 4 is 24.8 Å². The minimum absolute atomic E-state index is 0. The van der Waals surface area contributed by atoms with Gasteiger partial charge in [-0.25, -0.2) is 4.98 Å². The first-order chi connectivity index (χ1) is 4.74. The zero-order valence-electron chi connectivity index (χ0n) is 7.28. The fraction of sp³-hybridized carbons (Fsp3) is 0.571. The molecule has 0 aliphatic rings. The summed E-state index contributed by atoms with van der Waals surface area (Å²) in [5.74, 6) is 1.04. The van der Waals surface area contributed by atoms with E-state index in [0.29, 0.717) is 6.54 Å². The van der Waals surface area contributed by atoms with Crippen LogP contribution in [-0.4, -0.2) is 16.1 Å². The number of halogens is 2. The minimum Gasteiger partial charge on any atom is -0.338 e. The molecule has 0 saturated carbocycles. The van der Waals surface area contributed by atoms with E-state index in [-0.39, 0.29) is 24.8 Å². The van der Waals surface area contributed by atoms with E-state index < -0.39 is 0 Å². The first-order valence-corrected chi connectivity index (χ1v) is 3.43. The molecule has 0 radical (unpaired) electrons. The van der Waals surface area contributed by atoms with E-state index in [1.54, 1.807) is 0 Å². The van der Waals surface area contributed by atoms with Gasteiger partial charge in [0.1, 0.15) is 5.82 Å². The molecule has 12 heavy (non-hydrogen) atoms. The summed E-state index contributed by atoms with van der Waals surface area (Å²) in [5, 5.41) is 0. The standard InChI is InChI=1S/C7H13N3.2ClH/c1-6-9-7(3-4-8)5-10(6)2;;/h5H,3-4,8H2,1-2H3;2*1H. The van der Waals surface area contributed by atoms with Gasteiger partial charge in [0.2, 0.25) is 0 Å². The highest BCUT2D eigenvalue weighted by Crippen LogP contribution is 1.98. The van der Waals surface area contributed by atoms with Crippen molar-refractivity contribution in [3.8, 4) is 0 Å². The number of rotatable bonds is 2. The number of imidazole rings is 1. The van der Waals surface area contributed by atoms with Crippen LogP contribution in [0.2, 0.25) is 0 Å². The van der Waals surface area contributed by atoms with Gasteiger partial charge in [0.05, 0.1) is 5.69 Å². The summed E-state index contributed by atoms with van der Waals surface area (Å²) in [4.78, 5) is 4.28. The smallest absolute Gasteiger partial charge is 0.105 e. The Kier molecular flexibility index (Phi) is 7.48. The summed E-state index contributed by atoms with van der Waals surface area (Å²) in [6.07, 6.45) is 2.89. The van der Waals surface area contributed by atoms with Crippen LogP contribution in [0.5, 0.6) is 0 Å². The van der Waals surface area contributed by atoms with Gasteiger partial charge in [0, 0.05) is 19.7 Å². The monoisotopic (exact) mass is 211 g/mol. The molecule has 0 fully saturated rings. The molecule has 0 atom stereocenters. The quantitative estimate of drug-likeness (QED) is 0.796. The van der Waals surface area contributed by atoms with Crippen molar-refractivity contribution < 1.29 is 0 Å². The highest BCUT2D eigenvalue weighted by atomic mass is 35.5. The average molecular weight is 212 g/mol. The zero-order chi connectivity index (χ0) is 7.56. The Labute approximate surface area is 85.2 Å². The molecule has 0 amide bonds. The van der Waals surface area contributed by atoms with Crippen LogP contribution < -0.4 is 5.73 Å². The number of aryl methyl sites for hydroxylation is 2. The van der Waals surface area contributed by atoms with Gasteiger partial charge in [0.15, 0.2) is 0 Å². The largest absolute Gasteiger partial charge is 0.338 e. The number of hydrogen-bond acceptors (Lipinski definition) is 2. The zero-order valence-corrected chi connectivity index (χ0v) is 8.91. The maximum Gasteiger partial charge on any atom is 0.105 e. The number of nitrogens with two attached hydrogens (primary N) is 1. The fourth-order valence-electron chi connectivity index (χ4n) is 0.901. The molecule has 0 aromatic carbocycles. The number of hydrogen-bond donors (Lipinski definition) is 1. The molecule has 72 valence electrons. The van der Waals surface area contributed by atoms with E-state index >= 15 is 0 Å². The van der Waals surface area contributed by atoms with Gasteiger partial charge in [0.25, 0.3) is 0 Å². The molecule has 1 rings (SSSR count). The Hall–Kier alpha value is -0.250. The van der Waals surface area contributed by atoms with Gasteiger partial charge in [-0.3, -0.25) is 0 Å². The van der Waals surface area contributed by atoms with Crippen molar-refractivity contribution in [1.82, 2.24) is 9.55 Å². The van der Waals surface area contributed by atoms with E-state index in [4.69, 9.17) is 5.73 Å². The maximum atomic E-state index is 5.37. The second-order valence-electron chi connectivity index (χ2n) is 2.43. The summed E-state index contributed by atoms with van der Waals surface area (Å²) in [5.41, 5.74) is 6.46. The lowest BCUT2D eigenvalue weighted by atomic mass is 10.3. The predicted octanol–water partition coefficient (Wildman–Crippen LogP) is 1.07. The Bertz CT molecular complexity index is 203. The highest BCUT2D eigenvalue weighted by molar-refractivity contribution is 5.85. The van der Waals surface area contributed by atoms with Gasteiger partial charge >= 0.3 is 0 Å². The third-order valence-corrected chi connectivity index (χ3v) is 1.56. The second kappa shape index (κ2) is 6.29. The lowest BCUT2D eigenvalue weighted by Gasteiger charge is -1.87. The van der Waals surface area contributed by atoms with Crippen LogP contribution in [0.1, 0.15) is 11.5 Å². The molecule has 0 aliphatic heterocycles. The van der Waals surface area contributed by atoms with Gasteiger partial charge in [-0.15, -0.1) is 24.8 Å². The van der Waals surface area contributed by atoms with Gasteiger partial charge in [-0.05, 0) is 13.5 Å². The average Bonchev–Trinajstić information content (AvgIpc) is 2.14. The Morgan fingerprint density at radius 3 is 2.42 bits per heavy atom. The third kappa shape index (κ3) is 3.43. The maximum absolute atomic E-state index is 5.37. The molecule has 1 heterocycles. The normalized spacial score (nSPS) is 8.58. The third-order valence-electron chi connectivity index (χ3n) is 1.56. The van der Waals surface area contributed by atoms with Crippen LogP contribution >= 0.6 is 24.8 Å². The summed E-state index contributed by atoms with van der Waals surface area (Å²) in [7, 11) is 1.99. The molecule has 5 heteroatoms. The predicted molar refractivity (Wildman–Crippen MR) is 55.2 cm³/mol. The SMILES string of the molecule is Cc1nc(CCN)cn1C.Cl.Cl. The van der Waals surface area contributed by atoms with E-state index in [1.807, 2.05) is 24.7 Å². The molecule has 0 aliphatic carbocycles. The Balaban J connectivity index is 0. The van der Waals surface area contributed by atoms with Crippen LogP contribution in [0.25, 0.3) is 0 Å². The van der Waals surface area contributed by atoms with Crippen LogP contribution in [0.4, 0.5) is 0 Å². The minimum atomic E-state index is 0. The molecule has 0 spiro atoms. The molecular weight excluding hydrogens is 197 g/mol. The molecule has 1 aromatic rings.